The topological polar surface area (TPSA) is 95.1 Å². The first-order valence-electron chi connectivity index (χ1n) is 13.6. The minimum absolute atomic E-state index is 0.110. The normalized spacial score (nSPS) is 25.8. The zero-order chi connectivity index (χ0) is 25.6. The third-order valence-corrected chi connectivity index (χ3v) is 9.02. The second kappa shape index (κ2) is 9.47. The summed E-state index contributed by atoms with van der Waals surface area (Å²) in [7, 11) is 0. The van der Waals surface area contributed by atoms with Gasteiger partial charge in [-0.25, -0.2) is 9.78 Å². The summed E-state index contributed by atoms with van der Waals surface area (Å²) in [6, 6.07) is 15.0. The zero-order valence-corrected chi connectivity index (χ0v) is 21.4. The Morgan fingerprint density at radius 2 is 1.70 bits per heavy atom. The number of benzene rings is 2. The summed E-state index contributed by atoms with van der Waals surface area (Å²) in [5, 5.41) is 12.6. The maximum atomic E-state index is 13.6. The van der Waals surface area contributed by atoms with Gasteiger partial charge in [-0.05, 0) is 105 Å². The van der Waals surface area contributed by atoms with E-state index in [2.05, 4.69) is 10.3 Å². The molecule has 3 aromatic rings. The fraction of sp³-hybridized carbons (Fsp3) is 0.452. The number of carbonyl (C=O) groups excluding carboxylic acids is 1. The molecule has 4 bridgehead atoms. The average Bonchev–Trinajstić information content (AvgIpc) is 3.30. The molecule has 1 amide bonds. The van der Waals surface area contributed by atoms with Gasteiger partial charge in [0.05, 0.1) is 5.56 Å². The number of aromatic nitrogens is 2. The molecule has 4 aliphatic rings. The number of imidazole rings is 1. The molecule has 0 unspecified atom stereocenters. The number of carboxylic acid groups (broad SMARTS) is 1. The summed E-state index contributed by atoms with van der Waals surface area (Å²) >= 11 is 0. The molecule has 6 nitrogen and oxygen atoms in total. The third-order valence-electron chi connectivity index (χ3n) is 9.02. The van der Waals surface area contributed by atoms with Crippen molar-refractivity contribution in [2.75, 3.05) is 6.54 Å². The van der Waals surface area contributed by atoms with E-state index in [-0.39, 0.29) is 16.9 Å². The molecule has 0 atom stereocenters. The molecule has 3 N–H and O–H groups in total. The number of amides is 1. The lowest BCUT2D eigenvalue weighted by Gasteiger charge is -2.56. The van der Waals surface area contributed by atoms with Crippen LogP contribution in [0.15, 0.2) is 48.5 Å². The molecule has 37 heavy (non-hydrogen) atoms. The van der Waals surface area contributed by atoms with Gasteiger partial charge in [0.25, 0.3) is 5.91 Å². The van der Waals surface area contributed by atoms with Gasteiger partial charge in [0.15, 0.2) is 0 Å². The van der Waals surface area contributed by atoms with Gasteiger partial charge in [-0.2, -0.15) is 0 Å². The van der Waals surface area contributed by atoms with E-state index in [1.54, 1.807) is 18.2 Å². The molecule has 0 saturated heterocycles. The van der Waals surface area contributed by atoms with Crippen molar-refractivity contribution >= 4 is 11.9 Å². The van der Waals surface area contributed by atoms with Gasteiger partial charge < -0.3 is 15.4 Å². The molecule has 7 rings (SSSR count). The van der Waals surface area contributed by atoms with Gasteiger partial charge in [0.2, 0.25) is 0 Å². The zero-order valence-electron chi connectivity index (χ0n) is 21.4. The van der Waals surface area contributed by atoms with Gasteiger partial charge in [-0.15, -0.1) is 0 Å². The molecule has 0 spiro atoms. The molecular formula is C31H35N3O3. The van der Waals surface area contributed by atoms with Crippen LogP contribution >= 0.6 is 0 Å². The lowest BCUT2D eigenvalue weighted by atomic mass is 9.49. The summed E-state index contributed by atoms with van der Waals surface area (Å²) in [6.07, 6.45) is 9.11. The maximum Gasteiger partial charge on any atom is 0.335 e. The maximum absolute atomic E-state index is 13.6. The molecule has 0 radical (unpaired) electrons. The Labute approximate surface area is 217 Å². The highest BCUT2D eigenvalue weighted by Crippen LogP contribution is 2.59. The van der Waals surface area contributed by atoms with E-state index in [0.29, 0.717) is 24.4 Å². The minimum Gasteiger partial charge on any atom is -0.478 e. The van der Waals surface area contributed by atoms with Crippen LogP contribution in [-0.4, -0.2) is 33.5 Å². The predicted octanol–water partition coefficient (Wildman–Crippen LogP) is 5.81. The first-order chi connectivity index (χ1) is 17.9. The van der Waals surface area contributed by atoms with Crippen LogP contribution in [0.1, 0.15) is 76.2 Å². The largest absolute Gasteiger partial charge is 0.478 e. The van der Waals surface area contributed by atoms with Gasteiger partial charge in [-0.1, -0.05) is 36.4 Å². The highest BCUT2D eigenvalue weighted by molar-refractivity contribution is 5.94. The number of rotatable bonds is 8. The number of aryl methyl sites for hydroxylation is 3. The van der Waals surface area contributed by atoms with Crippen molar-refractivity contribution in [1.29, 1.82) is 0 Å². The van der Waals surface area contributed by atoms with Crippen molar-refractivity contribution < 1.29 is 14.7 Å². The Hall–Kier alpha value is -3.41. The SMILES string of the molecule is Cc1ccccc1-c1nc(C(=O)NCC23CC4CC(CC(C4)C2)C3)c(CCc2cccc(C(=O)O)c2)[nH]1. The lowest BCUT2D eigenvalue weighted by Crippen LogP contribution is -2.51. The second-order valence-corrected chi connectivity index (χ2v) is 11.8. The van der Waals surface area contributed by atoms with E-state index in [0.717, 1.165) is 46.7 Å². The molecule has 1 heterocycles. The van der Waals surface area contributed by atoms with Crippen molar-refractivity contribution in [2.24, 2.45) is 23.2 Å². The number of carbonyl (C=O) groups is 2. The predicted molar refractivity (Wildman–Crippen MR) is 143 cm³/mol. The van der Waals surface area contributed by atoms with Crippen LogP contribution in [0.3, 0.4) is 0 Å². The highest BCUT2D eigenvalue weighted by atomic mass is 16.4. The fourth-order valence-electron chi connectivity index (χ4n) is 7.73. The number of nitrogens with zero attached hydrogens (tertiary/aromatic N) is 1. The lowest BCUT2D eigenvalue weighted by molar-refractivity contribution is -0.0503. The van der Waals surface area contributed by atoms with Crippen LogP contribution in [0.4, 0.5) is 0 Å². The number of hydrogen-bond donors (Lipinski definition) is 3. The van der Waals surface area contributed by atoms with Gasteiger partial charge in [0.1, 0.15) is 11.5 Å². The standard InChI is InChI=1S/C31H35N3O3/c1-19-5-2-3-8-25(19)28-33-26(10-9-20-6-4-7-24(14-20)30(36)37)27(34-28)29(35)32-18-31-15-21-11-22(16-31)13-23(12-21)17-31/h2-8,14,21-23H,9-13,15-18H2,1H3,(H,32,35)(H,33,34)(H,36,37). The Morgan fingerprint density at radius 3 is 2.38 bits per heavy atom. The van der Waals surface area contributed by atoms with Crippen molar-refractivity contribution in [2.45, 2.75) is 58.3 Å². The number of hydrogen-bond acceptors (Lipinski definition) is 3. The molecule has 2 aromatic carbocycles. The molecule has 4 aliphatic carbocycles. The van der Waals surface area contributed by atoms with Crippen molar-refractivity contribution in [3.8, 4) is 11.4 Å². The van der Waals surface area contributed by atoms with Crippen LogP contribution in [0, 0.1) is 30.1 Å². The molecule has 1 aromatic heterocycles. The van der Waals surface area contributed by atoms with E-state index in [1.807, 2.05) is 37.3 Å². The summed E-state index contributed by atoms with van der Waals surface area (Å²) < 4.78 is 0. The number of carboxylic acids is 1. The molecule has 6 heteroatoms. The van der Waals surface area contributed by atoms with E-state index >= 15 is 0 Å². The summed E-state index contributed by atoms with van der Waals surface area (Å²) in [6.45, 7) is 2.78. The van der Waals surface area contributed by atoms with E-state index < -0.39 is 5.97 Å². The second-order valence-electron chi connectivity index (χ2n) is 11.8. The third kappa shape index (κ3) is 4.81. The first kappa shape index (κ1) is 24.0. The van der Waals surface area contributed by atoms with Crippen molar-refractivity contribution in [1.82, 2.24) is 15.3 Å². The molecular weight excluding hydrogens is 462 g/mol. The van der Waals surface area contributed by atoms with Crippen LogP contribution in [0.2, 0.25) is 0 Å². The Balaban J connectivity index is 1.23. The fourth-order valence-corrected chi connectivity index (χ4v) is 7.73. The smallest absolute Gasteiger partial charge is 0.335 e. The van der Waals surface area contributed by atoms with Crippen molar-refractivity contribution in [3.63, 3.8) is 0 Å². The summed E-state index contributed by atoms with van der Waals surface area (Å²) in [5.74, 6) is 2.19. The van der Waals surface area contributed by atoms with Crippen molar-refractivity contribution in [3.05, 3.63) is 76.6 Å². The monoisotopic (exact) mass is 497 g/mol. The number of nitrogens with one attached hydrogen (secondary N) is 2. The number of aromatic carboxylic acids is 1. The van der Waals surface area contributed by atoms with E-state index in [9.17, 15) is 14.7 Å². The molecule has 192 valence electrons. The van der Waals surface area contributed by atoms with Gasteiger partial charge in [0, 0.05) is 17.8 Å². The summed E-state index contributed by atoms with van der Waals surface area (Å²) in [4.78, 5) is 33.2. The van der Waals surface area contributed by atoms with Crippen LogP contribution < -0.4 is 5.32 Å². The Kier molecular flexibility index (Phi) is 6.13. The summed E-state index contributed by atoms with van der Waals surface area (Å²) in [5.41, 5.74) is 4.79. The van der Waals surface area contributed by atoms with Gasteiger partial charge >= 0.3 is 5.97 Å². The van der Waals surface area contributed by atoms with Crippen LogP contribution in [0.25, 0.3) is 11.4 Å². The molecule has 4 saturated carbocycles. The Morgan fingerprint density at radius 1 is 1.00 bits per heavy atom. The van der Waals surface area contributed by atoms with E-state index in [4.69, 9.17) is 4.98 Å². The Bertz CT molecular complexity index is 1310. The van der Waals surface area contributed by atoms with E-state index in [1.165, 1.54) is 38.5 Å². The van der Waals surface area contributed by atoms with Crippen LogP contribution in [0.5, 0.6) is 0 Å². The molecule has 0 aliphatic heterocycles. The first-order valence-corrected chi connectivity index (χ1v) is 13.6. The molecule has 4 fully saturated rings. The van der Waals surface area contributed by atoms with Gasteiger partial charge in [-0.3, -0.25) is 4.79 Å². The quantitative estimate of drug-likeness (QED) is 0.366. The van der Waals surface area contributed by atoms with Crippen LogP contribution in [-0.2, 0) is 12.8 Å². The minimum atomic E-state index is -0.935. The highest BCUT2D eigenvalue weighted by Gasteiger charge is 2.50. The number of H-pyrrole nitrogens is 1. The average molecular weight is 498 g/mol. The number of aromatic amines is 1.